The topological polar surface area (TPSA) is 128 Å². The summed E-state index contributed by atoms with van der Waals surface area (Å²) in [7, 11) is 0. The molecule has 2 N–H and O–H groups in total. The Morgan fingerprint density at radius 1 is 1.15 bits per heavy atom. The number of nitro groups is 1. The molecule has 0 heterocycles. The molecule has 9 nitrogen and oxygen atoms in total. The van der Waals surface area contributed by atoms with Gasteiger partial charge < -0.3 is 10.1 Å². The lowest BCUT2D eigenvalue weighted by molar-refractivity contribution is -0.385. The number of esters is 1. The highest BCUT2D eigenvalue weighted by molar-refractivity contribution is 6.02. The molecule has 0 saturated carbocycles. The Morgan fingerprint density at radius 3 is 2.52 bits per heavy atom. The molecule has 0 fully saturated rings. The molecule has 0 aromatic heterocycles. The van der Waals surface area contributed by atoms with Gasteiger partial charge in [-0.25, -0.2) is 14.0 Å². The van der Waals surface area contributed by atoms with Crippen molar-refractivity contribution < 1.29 is 28.4 Å². The summed E-state index contributed by atoms with van der Waals surface area (Å²) in [5, 5.41) is 14.9. The van der Waals surface area contributed by atoms with Crippen molar-refractivity contribution in [1.29, 1.82) is 0 Å². The summed E-state index contributed by atoms with van der Waals surface area (Å²) in [6.45, 7) is 0.572. The summed E-state index contributed by atoms with van der Waals surface area (Å²) in [6.07, 6.45) is 0. The molecule has 2 rings (SSSR count). The molecule has 0 aliphatic carbocycles. The zero-order valence-electron chi connectivity index (χ0n) is 14.0. The number of nitrogens with zero attached hydrogens (tertiary/aromatic N) is 1. The number of benzene rings is 2. The first-order valence-electron chi connectivity index (χ1n) is 7.56. The molecule has 140 valence electrons. The summed E-state index contributed by atoms with van der Waals surface area (Å²) >= 11 is 0. The van der Waals surface area contributed by atoms with E-state index in [0.29, 0.717) is 0 Å². The van der Waals surface area contributed by atoms with Crippen molar-refractivity contribution >= 4 is 29.3 Å². The fourth-order valence-electron chi connectivity index (χ4n) is 2.13. The van der Waals surface area contributed by atoms with E-state index in [2.05, 4.69) is 5.32 Å². The lowest BCUT2D eigenvalue weighted by Gasteiger charge is -2.09. The number of rotatable bonds is 5. The monoisotopic (exact) mass is 375 g/mol. The summed E-state index contributed by atoms with van der Waals surface area (Å²) in [6, 6.07) is 8.18. The van der Waals surface area contributed by atoms with E-state index in [4.69, 9.17) is 4.74 Å². The maximum Gasteiger partial charge on any atom is 0.339 e. The lowest BCUT2D eigenvalue weighted by atomic mass is 10.1. The standard InChI is InChI=1S/C17H14FN3O6/c1-10-11(5-4-8-14(10)21(25)26)16(23)27-9-15(22)20-17(24)19-13-7-3-2-6-12(13)18/h2-8H,9H2,1H3,(H2,19,20,22,24). The molecule has 0 aliphatic heterocycles. The average Bonchev–Trinajstić information content (AvgIpc) is 2.61. The van der Waals surface area contributed by atoms with Gasteiger partial charge in [-0.1, -0.05) is 18.2 Å². The van der Waals surface area contributed by atoms with E-state index in [-0.39, 0.29) is 22.5 Å². The predicted octanol–water partition coefficient (Wildman–Crippen LogP) is 2.55. The second-order valence-corrected chi connectivity index (χ2v) is 5.27. The van der Waals surface area contributed by atoms with Gasteiger partial charge in [-0.2, -0.15) is 0 Å². The normalized spacial score (nSPS) is 10.0. The number of carbonyl (C=O) groups is 3. The number of hydrogen-bond donors (Lipinski definition) is 2. The number of nitrogens with one attached hydrogen (secondary N) is 2. The molecule has 0 bridgehead atoms. The van der Waals surface area contributed by atoms with Crippen LogP contribution in [0.4, 0.5) is 20.6 Å². The SMILES string of the molecule is Cc1c(C(=O)OCC(=O)NC(=O)Nc2ccccc2F)cccc1[N+](=O)[O-]. The number of ether oxygens (including phenoxy) is 1. The van der Waals surface area contributed by atoms with Crippen LogP contribution in [0, 0.1) is 22.9 Å². The summed E-state index contributed by atoms with van der Waals surface area (Å²) < 4.78 is 18.2. The van der Waals surface area contributed by atoms with Crippen molar-refractivity contribution in [3.8, 4) is 0 Å². The van der Waals surface area contributed by atoms with Gasteiger partial charge >= 0.3 is 12.0 Å². The molecule has 3 amide bonds. The maximum absolute atomic E-state index is 13.4. The second-order valence-electron chi connectivity index (χ2n) is 5.27. The number of hydrogen-bond acceptors (Lipinski definition) is 6. The summed E-state index contributed by atoms with van der Waals surface area (Å²) in [5.74, 6) is -2.60. The Hall–Kier alpha value is -3.82. The van der Waals surface area contributed by atoms with E-state index in [0.717, 1.165) is 6.07 Å². The Bertz CT molecular complexity index is 915. The number of nitro benzene ring substituents is 1. The minimum Gasteiger partial charge on any atom is -0.452 e. The van der Waals surface area contributed by atoms with Crippen molar-refractivity contribution in [2.24, 2.45) is 0 Å². The zero-order valence-corrected chi connectivity index (χ0v) is 14.0. The highest BCUT2D eigenvalue weighted by atomic mass is 19.1. The second kappa shape index (κ2) is 8.52. The molecule has 27 heavy (non-hydrogen) atoms. The molecular weight excluding hydrogens is 361 g/mol. The van der Waals surface area contributed by atoms with Gasteiger partial charge in [0.1, 0.15) is 5.82 Å². The first-order valence-corrected chi connectivity index (χ1v) is 7.56. The zero-order chi connectivity index (χ0) is 20.0. The molecule has 0 unspecified atom stereocenters. The van der Waals surface area contributed by atoms with Crippen LogP contribution in [0.25, 0.3) is 0 Å². The molecule has 10 heteroatoms. The number of anilines is 1. The van der Waals surface area contributed by atoms with Crippen molar-refractivity contribution in [2.45, 2.75) is 6.92 Å². The third-order valence-corrected chi connectivity index (χ3v) is 3.43. The highest BCUT2D eigenvalue weighted by Gasteiger charge is 2.20. The van der Waals surface area contributed by atoms with Crippen LogP contribution in [-0.2, 0) is 9.53 Å². The molecule has 2 aromatic carbocycles. The van der Waals surface area contributed by atoms with E-state index in [1.807, 2.05) is 5.32 Å². The largest absolute Gasteiger partial charge is 0.452 e. The summed E-state index contributed by atoms with van der Waals surface area (Å²) in [4.78, 5) is 45.5. The van der Waals surface area contributed by atoms with E-state index in [9.17, 15) is 28.9 Å². The number of halogens is 1. The van der Waals surface area contributed by atoms with Gasteiger partial charge in [0.05, 0.1) is 16.2 Å². The van der Waals surface area contributed by atoms with Crippen LogP contribution in [-0.4, -0.2) is 29.4 Å². The minimum atomic E-state index is -1.01. The molecular formula is C17H14FN3O6. The van der Waals surface area contributed by atoms with E-state index >= 15 is 0 Å². The van der Waals surface area contributed by atoms with Crippen LogP contribution >= 0.6 is 0 Å². The first kappa shape index (κ1) is 19.5. The maximum atomic E-state index is 13.4. The van der Waals surface area contributed by atoms with Gasteiger partial charge in [0.15, 0.2) is 6.61 Å². The molecule has 0 saturated heterocycles. The van der Waals surface area contributed by atoms with E-state index in [1.165, 1.54) is 43.3 Å². The molecule has 0 spiro atoms. The molecule has 2 aromatic rings. The van der Waals surface area contributed by atoms with Gasteiger partial charge in [0.25, 0.3) is 11.6 Å². The smallest absolute Gasteiger partial charge is 0.339 e. The average molecular weight is 375 g/mol. The van der Waals surface area contributed by atoms with Gasteiger partial charge in [-0.15, -0.1) is 0 Å². The number of urea groups is 1. The first-order chi connectivity index (χ1) is 12.8. The summed E-state index contributed by atoms with van der Waals surface area (Å²) in [5.41, 5.74) is -0.386. The van der Waals surface area contributed by atoms with E-state index < -0.39 is 35.3 Å². The van der Waals surface area contributed by atoms with Crippen molar-refractivity contribution in [3.63, 3.8) is 0 Å². The van der Waals surface area contributed by atoms with Gasteiger partial charge in [-0.3, -0.25) is 20.2 Å². The van der Waals surface area contributed by atoms with Crippen molar-refractivity contribution in [3.05, 3.63) is 69.5 Å². The molecule has 0 radical (unpaired) electrons. The Kier molecular flexibility index (Phi) is 6.15. The van der Waals surface area contributed by atoms with Gasteiger partial charge in [0.2, 0.25) is 0 Å². The fraction of sp³-hybridized carbons (Fsp3) is 0.118. The number of imide groups is 1. The number of carbonyl (C=O) groups excluding carboxylic acids is 3. The highest BCUT2D eigenvalue weighted by Crippen LogP contribution is 2.21. The Morgan fingerprint density at radius 2 is 1.85 bits per heavy atom. The van der Waals surface area contributed by atoms with Crippen LogP contribution in [0.2, 0.25) is 0 Å². The quantitative estimate of drug-likeness (QED) is 0.470. The van der Waals surface area contributed by atoms with Crippen LogP contribution in [0.5, 0.6) is 0 Å². The van der Waals surface area contributed by atoms with Crippen LogP contribution in [0.1, 0.15) is 15.9 Å². The van der Waals surface area contributed by atoms with Crippen LogP contribution in [0.3, 0.4) is 0 Å². The van der Waals surface area contributed by atoms with Crippen LogP contribution in [0.15, 0.2) is 42.5 Å². The fourth-order valence-corrected chi connectivity index (χ4v) is 2.13. The van der Waals surface area contributed by atoms with Crippen LogP contribution < -0.4 is 10.6 Å². The number of para-hydroxylation sites is 1. The van der Waals surface area contributed by atoms with Gasteiger partial charge in [0, 0.05) is 11.6 Å². The molecule has 0 atom stereocenters. The predicted molar refractivity (Wildman–Crippen MR) is 91.7 cm³/mol. The van der Waals surface area contributed by atoms with E-state index in [1.54, 1.807) is 0 Å². The molecule has 0 aliphatic rings. The third-order valence-electron chi connectivity index (χ3n) is 3.43. The minimum absolute atomic E-state index is 0.0761. The van der Waals surface area contributed by atoms with Crippen molar-refractivity contribution in [2.75, 3.05) is 11.9 Å². The Balaban J connectivity index is 1.91. The third kappa shape index (κ3) is 5.08. The van der Waals surface area contributed by atoms with Crippen molar-refractivity contribution in [1.82, 2.24) is 5.32 Å². The van der Waals surface area contributed by atoms with Gasteiger partial charge in [-0.05, 0) is 25.1 Å². The number of amides is 3. The Labute approximate surface area is 152 Å². The lowest BCUT2D eigenvalue weighted by Crippen LogP contribution is -2.37.